The van der Waals surface area contributed by atoms with Gasteiger partial charge in [-0.05, 0) is 18.1 Å². The molecule has 0 aliphatic rings. The molecule has 6 nitrogen and oxygen atoms in total. The fourth-order valence-corrected chi connectivity index (χ4v) is 1.76. The number of hydrogen-bond acceptors (Lipinski definition) is 4. The Labute approximate surface area is 103 Å². The highest BCUT2D eigenvalue weighted by Gasteiger charge is 2.10. The van der Waals surface area contributed by atoms with E-state index in [1.54, 1.807) is 5.43 Å². The molecule has 0 saturated heterocycles. The van der Waals surface area contributed by atoms with Gasteiger partial charge in [0, 0.05) is 17.1 Å². The van der Waals surface area contributed by atoms with Crippen LogP contribution in [0, 0.1) is 0 Å². The molecule has 0 fully saturated rings. The normalized spacial score (nSPS) is 10.3. The van der Waals surface area contributed by atoms with Gasteiger partial charge in [-0.25, -0.2) is 10.6 Å². The lowest BCUT2D eigenvalue weighted by atomic mass is 10.1. The summed E-state index contributed by atoms with van der Waals surface area (Å²) >= 11 is 0. The highest BCUT2D eigenvalue weighted by atomic mass is 16.6. The summed E-state index contributed by atoms with van der Waals surface area (Å²) in [6.45, 7) is 0. The number of para-hydroxylation sites is 1. The van der Waals surface area contributed by atoms with Gasteiger partial charge in [-0.15, -0.1) is 0 Å². The highest BCUT2D eigenvalue weighted by molar-refractivity contribution is 5.86. The van der Waals surface area contributed by atoms with Gasteiger partial charge in [-0.1, -0.05) is 18.2 Å². The molecule has 0 aliphatic carbocycles. The molecule has 94 valence electrons. The van der Waals surface area contributed by atoms with E-state index in [2.05, 4.69) is 9.72 Å². The van der Waals surface area contributed by atoms with Gasteiger partial charge < -0.3 is 9.72 Å². The second-order valence-corrected chi connectivity index (χ2v) is 3.77. The maximum Gasteiger partial charge on any atom is 0.429 e. The Balaban J connectivity index is 1.98. The molecule has 0 radical (unpaired) electrons. The van der Waals surface area contributed by atoms with Crippen molar-refractivity contribution in [1.29, 1.82) is 0 Å². The number of amides is 1. The molecule has 1 heterocycles. The second kappa shape index (κ2) is 5.33. The van der Waals surface area contributed by atoms with Gasteiger partial charge in [-0.2, -0.15) is 0 Å². The van der Waals surface area contributed by atoms with Crippen LogP contribution in [0.1, 0.15) is 12.0 Å². The number of fused-ring (bicyclic) bond motifs is 1. The third kappa shape index (κ3) is 2.67. The lowest BCUT2D eigenvalue weighted by Crippen LogP contribution is -2.32. The van der Waals surface area contributed by atoms with E-state index in [1.807, 2.05) is 30.5 Å². The molecule has 0 unspecified atom stereocenters. The number of hydrazine groups is 1. The minimum atomic E-state index is -0.945. The van der Waals surface area contributed by atoms with E-state index in [0.717, 1.165) is 16.5 Å². The lowest BCUT2D eigenvalue weighted by Gasteiger charge is -2.01. The Bertz CT molecular complexity index is 577. The average Bonchev–Trinajstić information content (AvgIpc) is 2.79. The molecule has 0 bridgehead atoms. The van der Waals surface area contributed by atoms with Crippen molar-refractivity contribution in [3.63, 3.8) is 0 Å². The molecule has 0 aliphatic heterocycles. The van der Waals surface area contributed by atoms with Gasteiger partial charge in [0.1, 0.15) is 0 Å². The molecule has 2 aromatic rings. The van der Waals surface area contributed by atoms with Crippen LogP contribution in [-0.2, 0) is 16.0 Å². The van der Waals surface area contributed by atoms with Gasteiger partial charge in [-0.3, -0.25) is 10.2 Å². The molecule has 1 amide bonds. The number of rotatable bonds is 3. The standard InChI is InChI=1S/C12H13N3O3/c13-15-12(17)18-11(16)6-5-8-7-14-10-4-2-1-3-9(8)10/h1-4,7,14H,5-6,13H2,(H,15,17). The van der Waals surface area contributed by atoms with E-state index in [1.165, 1.54) is 0 Å². The summed E-state index contributed by atoms with van der Waals surface area (Å²) in [4.78, 5) is 25.1. The number of aryl methyl sites for hydroxylation is 1. The van der Waals surface area contributed by atoms with Crippen molar-refractivity contribution in [2.45, 2.75) is 12.8 Å². The van der Waals surface area contributed by atoms with E-state index in [-0.39, 0.29) is 6.42 Å². The number of esters is 1. The molecule has 0 spiro atoms. The summed E-state index contributed by atoms with van der Waals surface area (Å²) < 4.78 is 4.39. The van der Waals surface area contributed by atoms with E-state index >= 15 is 0 Å². The van der Waals surface area contributed by atoms with E-state index in [0.29, 0.717) is 6.42 Å². The maximum absolute atomic E-state index is 11.3. The Kier molecular flexibility index (Phi) is 3.59. The zero-order valence-corrected chi connectivity index (χ0v) is 9.60. The summed E-state index contributed by atoms with van der Waals surface area (Å²) in [5.74, 6) is 4.20. The smallest absolute Gasteiger partial charge is 0.375 e. The molecule has 4 N–H and O–H groups in total. The van der Waals surface area contributed by atoms with Crippen molar-refractivity contribution in [3.8, 4) is 0 Å². The molecule has 1 aromatic heterocycles. The van der Waals surface area contributed by atoms with Crippen LogP contribution in [0.25, 0.3) is 10.9 Å². The zero-order valence-electron chi connectivity index (χ0n) is 9.60. The number of ether oxygens (including phenoxy) is 1. The monoisotopic (exact) mass is 247 g/mol. The number of H-pyrrole nitrogens is 1. The minimum Gasteiger partial charge on any atom is -0.375 e. The van der Waals surface area contributed by atoms with Crippen molar-refractivity contribution < 1.29 is 14.3 Å². The van der Waals surface area contributed by atoms with Crippen LogP contribution in [0.15, 0.2) is 30.5 Å². The minimum absolute atomic E-state index is 0.120. The van der Waals surface area contributed by atoms with Gasteiger partial charge in [0.25, 0.3) is 0 Å². The second-order valence-electron chi connectivity index (χ2n) is 3.77. The van der Waals surface area contributed by atoms with Gasteiger partial charge in [0.15, 0.2) is 0 Å². The lowest BCUT2D eigenvalue weighted by molar-refractivity contribution is -0.137. The largest absolute Gasteiger partial charge is 0.429 e. The van der Waals surface area contributed by atoms with Crippen LogP contribution in [-0.4, -0.2) is 17.0 Å². The first-order chi connectivity index (χ1) is 8.70. The van der Waals surface area contributed by atoms with Gasteiger partial charge >= 0.3 is 12.1 Å². The number of nitrogens with two attached hydrogens (primary N) is 1. The van der Waals surface area contributed by atoms with Crippen LogP contribution in [0.3, 0.4) is 0 Å². The summed E-state index contributed by atoms with van der Waals surface area (Å²) in [5, 5.41) is 1.06. The van der Waals surface area contributed by atoms with Crippen LogP contribution >= 0.6 is 0 Å². The first-order valence-corrected chi connectivity index (χ1v) is 5.47. The predicted molar refractivity (Wildman–Crippen MR) is 65.4 cm³/mol. The quantitative estimate of drug-likeness (QED) is 0.250. The molecule has 6 heteroatoms. The van der Waals surface area contributed by atoms with E-state index in [4.69, 9.17) is 5.84 Å². The molecule has 18 heavy (non-hydrogen) atoms. The number of carbonyl (C=O) groups is 2. The third-order valence-corrected chi connectivity index (χ3v) is 2.60. The third-order valence-electron chi connectivity index (χ3n) is 2.60. The Hall–Kier alpha value is -2.34. The van der Waals surface area contributed by atoms with Crippen molar-refractivity contribution in [1.82, 2.24) is 10.4 Å². The maximum atomic E-state index is 11.3. The number of benzene rings is 1. The SMILES string of the molecule is NNC(=O)OC(=O)CCc1c[nH]c2ccccc12. The fourth-order valence-electron chi connectivity index (χ4n) is 1.76. The topological polar surface area (TPSA) is 97.2 Å². The number of hydrogen-bond donors (Lipinski definition) is 3. The number of aromatic nitrogens is 1. The van der Waals surface area contributed by atoms with E-state index in [9.17, 15) is 9.59 Å². The summed E-state index contributed by atoms with van der Waals surface area (Å²) in [6.07, 6.45) is 1.52. The highest BCUT2D eigenvalue weighted by Crippen LogP contribution is 2.18. The first kappa shape index (κ1) is 12.1. The van der Waals surface area contributed by atoms with Gasteiger partial charge in [0.05, 0.1) is 6.42 Å². The number of aromatic amines is 1. The molecule has 0 saturated carbocycles. The van der Waals surface area contributed by atoms with Crippen molar-refractivity contribution >= 4 is 23.0 Å². The number of nitrogens with one attached hydrogen (secondary N) is 2. The summed E-state index contributed by atoms with van der Waals surface area (Å²) in [5.41, 5.74) is 3.75. The Morgan fingerprint density at radius 2 is 2.11 bits per heavy atom. The van der Waals surface area contributed by atoms with Crippen molar-refractivity contribution in [3.05, 3.63) is 36.0 Å². The molecule has 2 rings (SSSR count). The van der Waals surface area contributed by atoms with Gasteiger partial charge in [0.2, 0.25) is 0 Å². The predicted octanol–water partition coefficient (Wildman–Crippen LogP) is 1.23. The molecule has 1 aromatic carbocycles. The summed E-state index contributed by atoms with van der Waals surface area (Å²) in [6, 6.07) is 7.79. The van der Waals surface area contributed by atoms with Crippen molar-refractivity contribution in [2.75, 3.05) is 0 Å². The van der Waals surface area contributed by atoms with Crippen molar-refractivity contribution in [2.24, 2.45) is 5.84 Å². The van der Waals surface area contributed by atoms with Crippen LogP contribution < -0.4 is 11.3 Å². The Morgan fingerprint density at radius 3 is 2.89 bits per heavy atom. The average molecular weight is 247 g/mol. The summed E-state index contributed by atoms with van der Waals surface area (Å²) in [7, 11) is 0. The number of carbonyl (C=O) groups excluding carboxylic acids is 2. The van der Waals surface area contributed by atoms with Crippen LogP contribution in [0.4, 0.5) is 4.79 Å². The van der Waals surface area contributed by atoms with Crippen LogP contribution in [0.5, 0.6) is 0 Å². The molecular weight excluding hydrogens is 234 g/mol. The molecule has 0 atom stereocenters. The fraction of sp³-hybridized carbons (Fsp3) is 0.167. The zero-order chi connectivity index (χ0) is 13.0. The van der Waals surface area contributed by atoms with E-state index < -0.39 is 12.1 Å². The Morgan fingerprint density at radius 1 is 1.33 bits per heavy atom. The molecular formula is C12H13N3O3. The first-order valence-electron chi connectivity index (χ1n) is 5.47. The van der Waals surface area contributed by atoms with Crippen LogP contribution in [0.2, 0.25) is 0 Å².